The fourth-order valence-electron chi connectivity index (χ4n) is 2.39. The van der Waals surface area contributed by atoms with Gasteiger partial charge in [-0.1, -0.05) is 24.3 Å². The molecule has 1 heterocycles. The van der Waals surface area contributed by atoms with Crippen LogP contribution in [0.3, 0.4) is 0 Å². The molecule has 0 aliphatic carbocycles. The first-order valence-electron chi connectivity index (χ1n) is 6.51. The number of benzene rings is 1. The molecule has 3 heteroatoms. The summed E-state index contributed by atoms with van der Waals surface area (Å²) in [6.07, 6.45) is 1.95. The van der Waals surface area contributed by atoms with Crippen molar-refractivity contribution in [2.45, 2.75) is 6.92 Å². The number of aryl methyl sites for hydroxylation is 1. The van der Waals surface area contributed by atoms with Crippen molar-refractivity contribution in [3.05, 3.63) is 48.0 Å². The minimum Gasteiger partial charge on any atom is -0.329 e. The van der Waals surface area contributed by atoms with Crippen LogP contribution < -0.4 is 4.90 Å². The third kappa shape index (κ3) is 2.99. The Kier molecular flexibility index (Phi) is 4.15. The van der Waals surface area contributed by atoms with E-state index >= 15 is 0 Å². The molecule has 0 unspecified atom stereocenters. The maximum atomic E-state index is 12.3. The number of rotatable bonds is 3. The van der Waals surface area contributed by atoms with Gasteiger partial charge in [-0.25, -0.2) is 0 Å². The predicted molar refractivity (Wildman–Crippen MR) is 72.8 cm³/mol. The highest BCUT2D eigenvalue weighted by Crippen LogP contribution is 2.07. The average molecular weight is 245 g/mol. The standard InChI is InChI=1S/C15H20N2O/c1-3-7-16-8-10-17(11-9-16)15(18)14-6-4-5-13(2)12-14/h3-6,12H,1,7-11H2,2H3/p+1. The Morgan fingerprint density at radius 3 is 2.78 bits per heavy atom. The lowest BCUT2D eigenvalue weighted by atomic mass is 10.1. The topological polar surface area (TPSA) is 24.8 Å². The number of nitrogens with one attached hydrogen (secondary N) is 1. The van der Waals surface area contributed by atoms with Crippen LogP contribution in [0.25, 0.3) is 0 Å². The van der Waals surface area contributed by atoms with Crippen LogP contribution in [0, 0.1) is 6.92 Å². The lowest BCUT2D eigenvalue weighted by molar-refractivity contribution is -0.898. The van der Waals surface area contributed by atoms with Gasteiger partial charge in [0.2, 0.25) is 0 Å². The van der Waals surface area contributed by atoms with Crippen LogP contribution in [0.4, 0.5) is 0 Å². The lowest BCUT2D eigenvalue weighted by Gasteiger charge is -2.31. The second-order valence-corrected chi connectivity index (χ2v) is 4.90. The number of quaternary nitrogens is 1. The Morgan fingerprint density at radius 2 is 2.17 bits per heavy atom. The molecular formula is C15H21N2O+. The van der Waals surface area contributed by atoms with Gasteiger partial charge in [0, 0.05) is 5.56 Å². The van der Waals surface area contributed by atoms with Crippen LogP contribution in [-0.4, -0.2) is 43.5 Å². The highest BCUT2D eigenvalue weighted by atomic mass is 16.2. The van der Waals surface area contributed by atoms with Crippen molar-refractivity contribution >= 4 is 5.91 Å². The summed E-state index contributed by atoms with van der Waals surface area (Å²) in [5, 5.41) is 0. The van der Waals surface area contributed by atoms with E-state index in [-0.39, 0.29) is 5.91 Å². The highest BCUT2D eigenvalue weighted by molar-refractivity contribution is 5.94. The van der Waals surface area contributed by atoms with Gasteiger partial charge < -0.3 is 9.80 Å². The van der Waals surface area contributed by atoms with E-state index in [2.05, 4.69) is 6.58 Å². The summed E-state index contributed by atoms with van der Waals surface area (Å²) in [4.78, 5) is 15.8. The fraction of sp³-hybridized carbons (Fsp3) is 0.400. The predicted octanol–water partition coefficient (Wildman–Crippen LogP) is 0.522. The summed E-state index contributed by atoms with van der Waals surface area (Å²) in [6, 6.07) is 7.83. The maximum Gasteiger partial charge on any atom is 0.254 e. The van der Waals surface area contributed by atoms with Gasteiger partial charge >= 0.3 is 0 Å². The molecule has 0 aromatic heterocycles. The van der Waals surface area contributed by atoms with Crippen molar-refractivity contribution < 1.29 is 9.69 Å². The molecule has 0 radical (unpaired) electrons. The Hall–Kier alpha value is -1.61. The molecule has 0 saturated carbocycles. The molecule has 96 valence electrons. The molecule has 1 N–H and O–H groups in total. The molecule has 0 atom stereocenters. The number of carbonyl (C=O) groups excluding carboxylic acids is 1. The van der Waals surface area contributed by atoms with Gasteiger partial charge in [0.25, 0.3) is 5.91 Å². The van der Waals surface area contributed by atoms with Gasteiger partial charge in [0.1, 0.15) is 0 Å². The molecule has 1 aliphatic heterocycles. The van der Waals surface area contributed by atoms with Gasteiger partial charge in [-0.3, -0.25) is 4.79 Å². The van der Waals surface area contributed by atoms with Gasteiger partial charge in [-0.05, 0) is 25.1 Å². The van der Waals surface area contributed by atoms with Crippen LogP contribution in [0.2, 0.25) is 0 Å². The fourth-order valence-corrected chi connectivity index (χ4v) is 2.39. The Labute approximate surface area is 109 Å². The first kappa shape index (κ1) is 12.8. The van der Waals surface area contributed by atoms with E-state index < -0.39 is 0 Å². The van der Waals surface area contributed by atoms with Crippen molar-refractivity contribution in [1.82, 2.24) is 4.90 Å². The van der Waals surface area contributed by atoms with E-state index in [0.717, 1.165) is 43.9 Å². The summed E-state index contributed by atoms with van der Waals surface area (Å²) in [7, 11) is 0. The van der Waals surface area contributed by atoms with E-state index in [1.807, 2.05) is 42.2 Å². The summed E-state index contributed by atoms with van der Waals surface area (Å²) in [5.74, 6) is 0.163. The molecule has 1 aliphatic rings. The third-order valence-corrected chi connectivity index (χ3v) is 3.46. The minimum atomic E-state index is 0.163. The zero-order valence-corrected chi connectivity index (χ0v) is 11.0. The second kappa shape index (κ2) is 5.83. The number of amides is 1. The maximum absolute atomic E-state index is 12.3. The Morgan fingerprint density at radius 1 is 1.44 bits per heavy atom. The Balaban J connectivity index is 1.97. The van der Waals surface area contributed by atoms with Crippen LogP contribution in [0.5, 0.6) is 0 Å². The average Bonchev–Trinajstić information content (AvgIpc) is 2.39. The monoisotopic (exact) mass is 245 g/mol. The van der Waals surface area contributed by atoms with Crippen molar-refractivity contribution in [2.75, 3.05) is 32.7 Å². The van der Waals surface area contributed by atoms with Crippen molar-refractivity contribution in [3.63, 3.8) is 0 Å². The van der Waals surface area contributed by atoms with Gasteiger partial charge in [-0.2, -0.15) is 0 Å². The SMILES string of the molecule is C=CC[NH+]1CCN(C(=O)c2cccc(C)c2)CC1. The normalized spacial score (nSPS) is 16.6. The van der Waals surface area contributed by atoms with Crippen LogP contribution in [-0.2, 0) is 0 Å². The van der Waals surface area contributed by atoms with E-state index in [9.17, 15) is 4.79 Å². The molecule has 1 fully saturated rings. The van der Waals surface area contributed by atoms with Crippen LogP contribution in [0.1, 0.15) is 15.9 Å². The molecule has 2 rings (SSSR count). The summed E-state index contributed by atoms with van der Waals surface area (Å²) >= 11 is 0. The smallest absolute Gasteiger partial charge is 0.254 e. The number of hydrogen-bond acceptors (Lipinski definition) is 1. The molecule has 1 aromatic carbocycles. The molecule has 0 bridgehead atoms. The number of piperazine rings is 1. The molecule has 1 aromatic rings. The quantitative estimate of drug-likeness (QED) is 0.772. The lowest BCUT2D eigenvalue weighted by Crippen LogP contribution is -3.14. The minimum absolute atomic E-state index is 0.163. The second-order valence-electron chi connectivity index (χ2n) is 4.90. The van der Waals surface area contributed by atoms with Crippen LogP contribution >= 0.6 is 0 Å². The van der Waals surface area contributed by atoms with Crippen LogP contribution in [0.15, 0.2) is 36.9 Å². The zero-order chi connectivity index (χ0) is 13.0. The van der Waals surface area contributed by atoms with Crippen molar-refractivity contribution in [2.24, 2.45) is 0 Å². The first-order valence-corrected chi connectivity index (χ1v) is 6.51. The molecule has 0 spiro atoms. The third-order valence-electron chi connectivity index (χ3n) is 3.46. The van der Waals surface area contributed by atoms with Gasteiger partial charge in [0.05, 0.1) is 32.7 Å². The van der Waals surface area contributed by atoms with Crippen molar-refractivity contribution in [1.29, 1.82) is 0 Å². The summed E-state index contributed by atoms with van der Waals surface area (Å²) in [6.45, 7) is 10.5. The number of carbonyl (C=O) groups is 1. The summed E-state index contributed by atoms with van der Waals surface area (Å²) < 4.78 is 0. The first-order chi connectivity index (χ1) is 8.70. The molecule has 18 heavy (non-hydrogen) atoms. The van der Waals surface area contributed by atoms with E-state index in [0.29, 0.717) is 0 Å². The van der Waals surface area contributed by atoms with E-state index in [1.165, 1.54) is 4.90 Å². The van der Waals surface area contributed by atoms with E-state index in [1.54, 1.807) is 0 Å². The highest BCUT2D eigenvalue weighted by Gasteiger charge is 2.23. The molecule has 1 saturated heterocycles. The number of hydrogen-bond donors (Lipinski definition) is 1. The Bertz CT molecular complexity index is 434. The zero-order valence-electron chi connectivity index (χ0n) is 11.0. The molecular weight excluding hydrogens is 224 g/mol. The van der Waals surface area contributed by atoms with Crippen molar-refractivity contribution in [3.8, 4) is 0 Å². The largest absolute Gasteiger partial charge is 0.329 e. The molecule has 1 amide bonds. The summed E-state index contributed by atoms with van der Waals surface area (Å²) in [5.41, 5.74) is 1.94. The number of nitrogens with zero attached hydrogens (tertiary/aromatic N) is 1. The van der Waals surface area contributed by atoms with Gasteiger partial charge in [0.15, 0.2) is 0 Å². The van der Waals surface area contributed by atoms with E-state index in [4.69, 9.17) is 0 Å². The molecule has 3 nitrogen and oxygen atoms in total. The van der Waals surface area contributed by atoms with Gasteiger partial charge in [-0.15, -0.1) is 0 Å².